The first-order valence-electron chi connectivity index (χ1n) is 5.60. The minimum Gasteiger partial charge on any atom is -0.296 e. The molecule has 0 N–H and O–H groups in total. The molecule has 0 unspecified atom stereocenters. The summed E-state index contributed by atoms with van der Waals surface area (Å²) in [6.07, 6.45) is -1.32. The molecule has 1 aliphatic rings. The lowest BCUT2D eigenvalue weighted by Crippen LogP contribution is -2.54. The summed E-state index contributed by atoms with van der Waals surface area (Å²) in [6, 6.07) is 0.245. The summed E-state index contributed by atoms with van der Waals surface area (Å²) in [5, 5.41) is 0. The summed E-state index contributed by atoms with van der Waals surface area (Å²) in [6.45, 7) is 8.99. The molecule has 1 atom stereocenters. The number of hydrogen-bond donors (Lipinski definition) is 0. The first-order valence-corrected chi connectivity index (χ1v) is 6.40. The highest BCUT2D eigenvalue weighted by molar-refractivity contribution is 9.11. The summed E-state index contributed by atoms with van der Waals surface area (Å²) >= 11 is 3.34. The standard InChI is InChI=1S/C11H19BrF2N2/c1-3-10-7-15(6-9(2)12)4-5-16(10)8-11(13)14/h10-11H,2-8H2,1H3/t10-/m1/s1. The summed E-state index contributed by atoms with van der Waals surface area (Å²) in [4.78, 5) is 4.16. The van der Waals surface area contributed by atoms with Crippen LogP contribution in [0.1, 0.15) is 13.3 Å². The Kier molecular flexibility index (Phi) is 5.86. The van der Waals surface area contributed by atoms with Crippen LogP contribution >= 0.6 is 15.9 Å². The summed E-state index contributed by atoms with van der Waals surface area (Å²) < 4.78 is 25.7. The molecule has 0 aromatic carbocycles. The second kappa shape index (κ2) is 6.67. The quantitative estimate of drug-likeness (QED) is 0.769. The molecule has 5 heteroatoms. The highest BCUT2D eigenvalue weighted by Crippen LogP contribution is 2.16. The van der Waals surface area contributed by atoms with Gasteiger partial charge in [-0.3, -0.25) is 9.80 Å². The van der Waals surface area contributed by atoms with Crippen LogP contribution in [0, 0.1) is 0 Å². The van der Waals surface area contributed by atoms with Crippen LogP contribution < -0.4 is 0 Å². The SMILES string of the molecule is C=C(Br)CN1CCN(CC(F)F)[C@H](CC)C1. The molecular formula is C11H19BrF2N2. The second-order valence-corrected chi connectivity index (χ2v) is 5.32. The molecule has 0 bridgehead atoms. The molecule has 1 rings (SSSR count). The Morgan fingerprint density at radius 1 is 1.50 bits per heavy atom. The van der Waals surface area contributed by atoms with Gasteiger partial charge in [-0.05, 0) is 6.42 Å². The molecule has 94 valence electrons. The number of nitrogens with zero attached hydrogens (tertiary/aromatic N) is 2. The summed E-state index contributed by atoms with van der Waals surface area (Å²) in [5.41, 5.74) is 0. The van der Waals surface area contributed by atoms with E-state index in [-0.39, 0.29) is 12.6 Å². The van der Waals surface area contributed by atoms with Gasteiger partial charge < -0.3 is 0 Å². The van der Waals surface area contributed by atoms with Gasteiger partial charge in [0.1, 0.15) is 0 Å². The molecule has 0 amide bonds. The van der Waals surface area contributed by atoms with Gasteiger partial charge in [-0.25, -0.2) is 8.78 Å². The molecule has 0 aromatic heterocycles. The van der Waals surface area contributed by atoms with Gasteiger partial charge in [0.2, 0.25) is 0 Å². The molecule has 2 nitrogen and oxygen atoms in total. The molecule has 0 spiro atoms. The Bertz CT molecular complexity index is 236. The Hall–Kier alpha value is -0.0000000000000000555. The van der Waals surface area contributed by atoms with Gasteiger partial charge in [0, 0.05) is 36.7 Å². The third-order valence-electron chi connectivity index (χ3n) is 2.93. The predicted octanol–water partition coefficient (Wildman–Crippen LogP) is 2.56. The number of halogens is 3. The van der Waals surface area contributed by atoms with E-state index in [1.807, 2.05) is 4.90 Å². The number of rotatable bonds is 5. The number of piperazine rings is 1. The molecule has 0 radical (unpaired) electrons. The van der Waals surface area contributed by atoms with Gasteiger partial charge in [0.15, 0.2) is 0 Å². The molecule has 0 aromatic rings. The van der Waals surface area contributed by atoms with Crippen LogP contribution in [0.2, 0.25) is 0 Å². The van der Waals surface area contributed by atoms with Gasteiger partial charge in [-0.1, -0.05) is 29.4 Å². The van der Waals surface area contributed by atoms with Crippen LogP contribution in [0.5, 0.6) is 0 Å². The normalized spacial score (nSPS) is 23.9. The van der Waals surface area contributed by atoms with Crippen molar-refractivity contribution in [3.05, 3.63) is 11.1 Å². The average molecular weight is 297 g/mol. The van der Waals surface area contributed by atoms with Crippen molar-refractivity contribution in [1.29, 1.82) is 0 Å². The van der Waals surface area contributed by atoms with E-state index in [0.717, 1.165) is 37.1 Å². The van der Waals surface area contributed by atoms with Crippen molar-refractivity contribution in [2.24, 2.45) is 0 Å². The third-order valence-corrected chi connectivity index (χ3v) is 3.18. The molecule has 1 fully saturated rings. The Morgan fingerprint density at radius 2 is 2.19 bits per heavy atom. The maximum Gasteiger partial charge on any atom is 0.251 e. The topological polar surface area (TPSA) is 6.48 Å². The Morgan fingerprint density at radius 3 is 2.69 bits per heavy atom. The van der Waals surface area contributed by atoms with Crippen molar-refractivity contribution >= 4 is 15.9 Å². The molecule has 1 aliphatic heterocycles. The van der Waals surface area contributed by atoms with Crippen molar-refractivity contribution in [2.45, 2.75) is 25.8 Å². The lowest BCUT2D eigenvalue weighted by Gasteiger charge is -2.41. The largest absolute Gasteiger partial charge is 0.296 e. The number of alkyl halides is 2. The third kappa shape index (κ3) is 4.47. The second-order valence-electron chi connectivity index (χ2n) is 4.20. The highest BCUT2D eigenvalue weighted by atomic mass is 79.9. The van der Waals surface area contributed by atoms with E-state index in [1.54, 1.807) is 0 Å². The molecule has 1 saturated heterocycles. The maximum absolute atomic E-state index is 12.4. The summed E-state index contributed by atoms with van der Waals surface area (Å²) in [5.74, 6) is 0. The fourth-order valence-corrected chi connectivity index (χ4v) is 2.50. The molecular weight excluding hydrogens is 278 g/mol. The zero-order valence-corrected chi connectivity index (χ0v) is 11.2. The zero-order chi connectivity index (χ0) is 12.1. The fourth-order valence-electron chi connectivity index (χ4n) is 2.15. The average Bonchev–Trinajstić information content (AvgIpc) is 2.18. The van der Waals surface area contributed by atoms with Crippen LogP contribution in [0.3, 0.4) is 0 Å². The van der Waals surface area contributed by atoms with E-state index >= 15 is 0 Å². The monoisotopic (exact) mass is 296 g/mol. The van der Waals surface area contributed by atoms with E-state index in [0.29, 0.717) is 0 Å². The fraction of sp³-hybridized carbons (Fsp3) is 0.818. The van der Waals surface area contributed by atoms with E-state index in [2.05, 4.69) is 34.3 Å². The van der Waals surface area contributed by atoms with Crippen molar-refractivity contribution < 1.29 is 8.78 Å². The summed E-state index contributed by atoms with van der Waals surface area (Å²) in [7, 11) is 0. The van der Waals surface area contributed by atoms with Crippen LogP contribution in [-0.2, 0) is 0 Å². The minimum atomic E-state index is -2.23. The molecule has 0 aliphatic carbocycles. The number of hydrogen-bond acceptors (Lipinski definition) is 2. The van der Waals surface area contributed by atoms with Crippen LogP contribution in [0.15, 0.2) is 11.1 Å². The van der Waals surface area contributed by atoms with Crippen LogP contribution in [0.4, 0.5) is 8.78 Å². The molecule has 0 saturated carbocycles. The van der Waals surface area contributed by atoms with Gasteiger partial charge in [0.25, 0.3) is 6.43 Å². The maximum atomic E-state index is 12.4. The van der Waals surface area contributed by atoms with Crippen LogP contribution in [0.25, 0.3) is 0 Å². The Balaban J connectivity index is 2.46. The zero-order valence-electron chi connectivity index (χ0n) is 9.63. The molecule has 1 heterocycles. The first kappa shape index (κ1) is 14.1. The predicted molar refractivity (Wildman–Crippen MR) is 66.2 cm³/mol. The van der Waals surface area contributed by atoms with Crippen LogP contribution in [-0.4, -0.2) is 55.0 Å². The van der Waals surface area contributed by atoms with E-state index < -0.39 is 6.43 Å². The van der Waals surface area contributed by atoms with Crippen molar-refractivity contribution in [3.63, 3.8) is 0 Å². The van der Waals surface area contributed by atoms with Gasteiger partial charge in [-0.2, -0.15) is 0 Å². The van der Waals surface area contributed by atoms with Gasteiger partial charge >= 0.3 is 0 Å². The Labute approximate surface area is 104 Å². The molecule has 16 heavy (non-hydrogen) atoms. The van der Waals surface area contributed by atoms with Gasteiger partial charge in [0.05, 0.1) is 6.54 Å². The van der Waals surface area contributed by atoms with E-state index in [4.69, 9.17) is 0 Å². The van der Waals surface area contributed by atoms with Crippen molar-refractivity contribution in [1.82, 2.24) is 9.80 Å². The van der Waals surface area contributed by atoms with E-state index in [9.17, 15) is 8.78 Å². The smallest absolute Gasteiger partial charge is 0.251 e. The van der Waals surface area contributed by atoms with Crippen molar-refractivity contribution in [3.8, 4) is 0 Å². The lowest BCUT2D eigenvalue weighted by atomic mass is 10.1. The van der Waals surface area contributed by atoms with Crippen molar-refractivity contribution in [2.75, 3.05) is 32.7 Å². The highest BCUT2D eigenvalue weighted by Gasteiger charge is 2.27. The van der Waals surface area contributed by atoms with Gasteiger partial charge in [-0.15, -0.1) is 0 Å². The minimum absolute atomic E-state index is 0.0956. The lowest BCUT2D eigenvalue weighted by molar-refractivity contribution is 0.0223. The first-order chi connectivity index (χ1) is 7.52. The van der Waals surface area contributed by atoms with E-state index in [1.165, 1.54) is 0 Å².